The fourth-order valence-corrected chi connectivity index (χ4v) is 4.74. The molecular formula is C28H30N4O2. The summed E-state index contributed by atoms with van der Waals surface area (Å²) in [5.74, 6) is 2.09. The standard InChI is InChI=1S/C28H30N4O2/c1-17(2)33-26-11-9-19(14-21(26)15-29)28-31-27(32-34-28)25-10-8-20(16-30-22-12-18(3)13-22)23-6-4-5-7-24(23)25/h4-11,14,17-18,22,28,30H,12-13,16H2,1-3H3,(H,31,32). The quantitative estimate of drug-likeness (QED) is 0.502. The van der Waals surface area contributed by atoms with E-state index in [-0.39, 0.29) is 6.10 Å². The predicted molar refractivity (Wildman–Crippen MR) is 133 cm³/mol. The summed E-state index contributed by atoms with van der Waals surface area (Å²) in [4.78, 5) is 10.6. The number of rotatable bonds is 7. The third-order valence-corrected chi connectivity index (χ3v) is 6.51. The minimum atomic E-state index is -0.532. The summed E-state index contributed by atoms with van der Waals surface area (Å²) in [7, 11) is 0. The van der Waals surface area contributed by atoms with E-state index in [1.165, 1.54) is 23.8 Å². The molecule has 6 heteroatoms. The minimum Gasteiger partial charge on any atom is -0.490 e. The molecule has 174 valence electrons. The summed E-state index contributed by atoms with van der Waals surface area (Å²) >= 11 is 0. The second-order valence-electron chi connectivity index (χ2n) is 9.56. The molecule has 1 saturated carbocycles. The molecule has 1 heterocycles. The van der Waals surface area contributed by atoms with Crippen molar-refractivity contribution >= 4 is 16.6 Å². The van der Waals surface area contributed by atoms with E-state index in [0.29, 0.717) is 23.2 Å². The zero-order chi connectivity index (χ0) is 23.7. The summed E-state index contributed by atoms with van der Waals surface area (Å²) in [6.45, 7) is 7.05. The van der Waals surface area contributed by atoms with Gasteiger partial charge in [-0.05, 0) is 61.1 Å². The Morgan fingerprint density at radius 2 is 1.94 bits per heavy atom. The number of fused-ring (bicyclic) bond motifs is 1. The van der Waals surface area contributed by atoms with Crippen molar-refractivity contribution in [3.8, 4) is 11.8 Å². The number of hydroxylamine groups is 1. The maximum Gasteiger partial charge on any atom is 0.202 e. The number of benzene rings is 3. The van der Waals surface area contributed by atoms with Crippen LogP contribution in [0.15, 0.2) is 59.6 Å². The molecule has 0 aromatic heterocycles. The van der Waals surface area contributed by atoms with E-state index in [2.05, 4.69) is 60.2 Å². The second-order valence-corrected chi connectivity index (χ2v) is 9.56. The van der Waals surface area contributed by atoms with Crippen LogP contribution in [-0.4, -0.2) is 18.0 Å². The highest BCUT2D eigenvalue weighted by molar-refractivity contribution is 6.10. The van der Waals surface area contributed by atoms with Crippen molar-refractivity contribution in [2.75, 3.05) is 0 Å². The highest BCUT2D eigenvalue weighted by atomic mass is 16.7. The minimum absolute atomic E-state index is 0.00398. The van der Waals surface area contributed by atoms with E-state index >= 15 is 0 Å². The smallest absolute Gasteiger partial charge is 0.202 e. The average Bonchev–Trinajstić information content (AvgIpc) is 3.31. The largest absolute Gasteiger partial charge is 0.490 e. The second kappa shape index (κ2) is 9.46. The Balaban J connectivity index is 1.40. The molecule has 1 atom stereocenters. The van der Waals surface area contributed by atoms with Crippen LogP contribution in [-0.2, 0) is 11.4 Å². The molecule has 3 aromatic carbocycles. The van der Waals surface area contributed by atoms with Crippen LogP contribution in [0.3, 0.4) is 0 Å². The van der Waals surface area contributed by atoms with E-state index in [9.17, 15) is 5.26 Å². The summed E-state index contributed by atoms with van der Waals surface area (Å²) in [5.41, 5.74) is 6.57. The summed E-state index contributed by atoms with van der Waals surface area (Å²) < 4.78 is 5.73. The van der Waals surface area contributed by atoms with Crippen LogP contribution in [0.2, 0.25) is 0 Å². The van der Waals surface area contributed by atoms with Gasteiger partial charge in [0.05, 0.1) is 11.7 Å². The fourth-order valence-electron chi connectivity index (χ4n) is 4.74. The number of nitrogens with one attached hydrogen (secondary N) is 2. The van der Waals surface area contributed by atoms with Crippen LogP contribution in [0.1, 0.15) is 62.1 Å². The Kier molecular flexibility index (Phi) is 6.23. The summed E-state index contributed by atoms with van der Waals surface area (Å²) in [5, 5.41) is 15.6. The van der Waals surface area contributed by atoms with Crippen LogP contribution in [0.5, 0.6) is 5.75 Å². The molecule has 0 radical (unpaired) electrons. The lowest BCUT2D eigenvalue weighted by atomic mass is 9.82. The Morgan fingerprint density at radius 1 is 1.15 bits per heavy atom. The first-order valence-electron chi connectivity index (χ1n) is 12.0. The lowest BCUT2D eigenvalue weighted by Crippen LogP contribution is -2.39. The Labute approximate surface area is 200 Å². The lowest BCUT2D eigenvalue weighted by molar-refractivity contribution is 0.0376. The first kappa shape index (κ1) is 22.4. The van der Waals surface area contributed by atoms with E-state index in [1.54, 1.807) is 6.07 Å². The summed E-state index contributed by atoms with van der Waals surface area (Å²) in [6, 6.07) is 21.0. The van der Waals surface area contributed by atoms with Crippen molar-refractivity contribution in [2.45, 2.75) is 58.5 Å². The van der Waals surface area contributed by atoms with Crippen LogP contribution >= 0.6 is 0 Å². The molecule has 3 aromatic rings. The van der Waals surface area contributed by atoms with Gasteiger partial charge in [0.25, 0.3) is 0 Å². The monoisotopic (exact) mass is 454 g/mol. The first-order chi connectivity index (χ1) is 16.5. The molecule has 0 bridgehead atoms. The maximum atomic E-state index is 9.56. The van der Waals surface area contributed by atoms with Crippen molar-refractivity contribution in [3.05, 3.63) is 76.9 Å². The SMILES string of the molecule is CC1CC(NCc2ccc(C3=NC(c4ccc(OC(C)C)c(C#N)c4)ON3)c3ccccc23)C1. The third-order valence-electron chi connectivity index (χ3n) is 6.51. The van der Waals surface area contributed by atoms with E-state index in [4.69, 9.17) is 14.6 Å². The van der Waals surface area contributed by atoms with Gasteiger partial charge in [-0.25, -0.2) is 15.3 Å². The van der Waals surface area contributed by atoms with Gasteiger partial charge in [-0.2, -0.15) is 5.26 Å². The van der Waals surface area contributed by atoms with E-state index in [1.807, 2.05) is 26.0 Å². The molecule has 1 unspecified atom stereocenters. The topological polar surface area (TPSA) is 78.7 Å². The Bertz CT molecular complexity index is 1270. The highest BCUT2D eigenvalue weighted by Gasteiger charge is 2.26. The number of aliphatic imine (C=N–C) groups is 1. The fraction of sp³-hybridized carbons (Fsp3) is 0.357. The van der Waals surface area contributed by atoms with Gasteiger partial charge in [0.1, 0.15) is 11.8 Å². The van der Waals surface area contributed by atoms with Gasteiger partial charge in [0.2, 0.25) is 6.23 Å². The number of nitrogens with zero attached hydrogens (tertiary/aromatic N) is 2. The van der Waals surface area contributed by atoms with Gasteiger partial charge in [-0.15, -0.1) is 0 Å². The lowest BCUT2D eigenvalue weighted by Gasteiger charge is -2.33. The zero-order valence-corrected chi connectivity index (χ0v) is 19.8. The molecule has 6 nitrogen and oxygen atoms in total. The number of ether oxygens (including phenoxy) is 1. The van der Waals surface area contributed by atoms with Crippen molar-refractivity contribution in [2.24, 2.45) is 10.9 Å². The normalized spacial score (nSPS) is 21.6. The van der Waals surface area contributed by atoms with Gasteiger partial charge >= 0.3 is 0 Å². The molecule has 0 amide bonds. The van der Waals surface area contributed by atoms with Crippen molar-refractivity contribution < 1.29 is 9.57 Å². The van der Waals surface area contributed by atoms with Crippen LogP contribution < -0.4 is 15.5 Å². The third kappa shape index (κ3) is 4.50. The molecule has 1 aliphatic heterocycles. The molecule has 2 aliphatic rings. The van der Waals surface area contributed by atoms with Crippen molar-refractivity contribution in [1.29, 1.82) is 5.26 Å². The van der Waals surface area contributed by atoms with Crippen LogP contribution in [0.25, 0.3) is 10.8 Å². The van der Waals surface area contributed by atoms with E-state index < -0.39 is 6.23 Å². The molecular weight excluding hydrogens is 424 g/mol. The zero-order valence-electron chi connectivity index (χ0n) is 19.8. The van der Waals surface area contributed by atoms with Gasteiger partial charge < -0.3 is 10.1 Å². The molecule has 2 N–H and O–H groups in total. The number of hydrogen-bond donors (Lipinski definition) is 2. The number of nitriles is 1. The molecule has 0 spiro atoms. The molecule has 34 heavy (non-hydrogen) atoms. The molecule has 5 rings (SSSR count). The highest BCUT2D eigenvalue weighted by Crippen LogP contribution is 2.31. The van der Waals surface area contributed by atoms with Crippen molar-refractivity contribution in [1.82, 2.24) is 10.8 Å². The van der Waals surface area contributed by atoms with Crippen LogP contribution in [0, 0.1) is 17.2 Å². The van der Waals surface area contributed by atoms with Gasteiger partial charge in [0.15, 0.2) is 5.84 Å². The maximum absolute atomic E-state index is 9.56. The average molecular weight is 455 g/mol. The predicted octanol–water partition coefficient (Wildman–Crippen LogP) is 5.37. The van der Waals surface area contributed by atoms with Crippen molar-refractivity contribution in [3.63, 3.8) is 0 Å². The van der Waals surface area contributed by atoms with Gasteiger partial charge in [0, 0.05) is 23.7 Å². The number of amidine groups is 1. The van der Waals surface area contributed by atoms with E-state index in [0.717, 1.165) is 29.0 Å². The molecule has 1 fully saturated rings. The number of hydrogen-bond acceptors (Lipinski definition) is 6. The summed E-state index contributed by atoms with van der Waals surface area (Å²) in [6.07, 6.45) is 1.98. The Hall–Kier alpha value is -3.40. The van der Waals surface area contributed by atoms with Gasteiger partial charge in [-0.1, -0.05) is 49.4 Å². The first-order valence-corrected chi connectivity index (χ1v) is 12.0. The van der Waals surface area contributed by atoms with Crippen LogP contribution in [0.4, 0.5) is 0 Å². The Morgan fingerprint density at radius 3 is 2.68 bits per heavy atom. The van der Waals surface area contributed by atoms with Gasteiger partial charge in [-0.3, -0.25) is 0 Å². The molecule has 1 aliphatic carbocycles. The molecule has 0 saturated heterocycles.